The molecule has 2 unspecified atom stereocenters. The number of phosphoric ester groups is 1. The van der Waals surface area contributed by atoms with Crippen LogP contribution in [0.25, 0.3) is 0 Å². The normalized spacial score (nSPS) is 13.6. The van der Waals surface area contributed by atoms with Gasteiger partial charge in [-0.2, -0.15) is 0 Å². The van der Waals surface area contributed by atoms with Crippen LogP contribution in [0.15, 0.2) is 97.2 Å². The second-order valence-electron chi connectivity index (χ2n) is 21.3. The van der Waals surface area contributed by atoms with Gasteiger partial charge >= 0.3 is 19.8 Å². The maximum atomic E-state index is 12.7. The molecule has 0 fully saturated rings. The van der Waals surface area contributed by atoms with Crippen molar-refractivity contribution in [2.45, 2.75) is 296 Å². The number of rotatable bonds is 60. The first-order chi connectivity index (χ1) is 38.3. The minimum absolute atomic E-state index is 0.0423. The molecule has 10 heteroatoms. The first kappa shape index (κ1) is 74.9. The number of ether oxygens (including phenoxy) is 2. The van der Waals surface area contributed by atoms with Crippen molar-refractivity contribution in [3.05, 3.63) is 97.2 Å². The van der Waals surface area contributed by atoms with Crippen LogP contribution in [0.2, 0.25) is 0 Å². The van der Waals surface area contributed by atoms with E-state index >= 15 is 0 Å². The van der Waals surface area contributed by atoms with E-state index in [1.165, 1.54) is 173 Å². The summed E-state index contributed by atoms with van der Waals surface area (Å²) in [5.41, 5.74) is 5.39. The van der Waals surface area contributed by atoms with Gasteiger partial charge in [-0.15, -0.1) is 0 Å². The quantitative estimate of drug-likeness (QED) is 0.0264. The Hall–Kier alpha value is -3.07. The fourth-order valence-electron chi connectivity index (χ4n) is 9.01. The molecule has 0 amide bonds. The third-order valence-corrected chi connectivity index (χ3v) is 14.7. The predicted molar refractivity (Wildman–Crippen MR) is 335 cm³/mol. The maximum Gasteiger partial charge on any atom is 0.472 e. The fraction of sp³-hybridized carbons (Fsp3) is 0.735. The third kappa shape index (κ3) is 62.1. The van der Waals surface area contributed by atoms with Crippen LogP contribution in [-0.2, 0) is 32.7 Å². The molecule has 0 heterocycles. The number of hydrogen-bond donors (Lipinski definition) is 2. The summed E-state index contributed by atoms with van der Waals surface area (Å²) in [5.74, 6) is -0.874. The number of unbranched alkanes of at least 4 members (excludes halogenated alkanes) is 31. The Bertz CT molecular complexity index is 1600. The van der Waals surface area contributed by atoms with Gasteiger partial charge in [0.05, 0.1) is 13.2 Å². The topological polar surface area (TPSA) is 134 Å². The summed E-state index contributed by atoms with van der Waals surface area (Å²) in [6.07, 6.45) is 85.0. The SMILES string of the molecule is CC/C=C\C/C=C\C/C=C\C/C=C\C/C=C\C/C=C\C/C=C\C/C=C\CCCCC(=O)OC(COC(=O)CCCCCCCCCCCCCCCCCCCCCCCCCCCCCCCC)COP(=O)(O)OCCN. The highest BCUT2D eigenvalue weighted by Gasteiger charge is 2.26. The van der Waals surface area contributed by atoms with Gasteiger partial charge in [0.15, 0.2) is 6.10 Å². The molecule has 0 saturated carbocycles. The van der Waals surface area contributed by atoms with Crippen molar-refractivity contribution in [3.8, 4) is 0 Å². The zero-order valence-corrected chi connectivity index (χ0v) is 51.3. The number of carbonyl (C=O) groups excluding carboxylic acids is 2. The summed E-state index contributed by atoms with van der Waals surface area (Å²) in [6, 6.07) is 0. The number of phosphoric acid groups is 1. The lowest BCUT2D eigenvalue weighted by Gasteiger charge is -2.19. The number of allylic oxidation sites excluding steroid dienone is 16. The molecule has 0 rings (SSSR count). The van der Waals surface area contributed by atoms with Crippen LogP contribution < -0.4 is 5.73 Å². The molecular formula is C68H120NO8P. The second kappa shape index (κ2) is 63.1. The first-order valence-electron chi connectivity index (χ1n) is 32.2. The van der Waals surface area contributed by atoms with E-state index in [9.17, 15) is 19.0 Å². The Morgan fingerprint density at radius 1 is 0.397 bits per heavy atom. The average molecular weight is 1110 g/mol. The van der Waals surface area contributed by atoms with E-state index in [0.29, 0.717) is 6.42 Å². The highest BCUT2D eigenvalue weighted by atomic mass is 31.2. The number of esters is 2. The van der Waals surface area contributed by atoms with Gasteiger partial charge in [0.2, 0.25) is 0 Å². The van der Waals surface area contributed by atoms with Crippen molar-refractivity contribution in [3.63, 3.8) is 0 Å². The van der Waals surface area contributed by atoms with Gasteiger partial charge in [0, 0.05) is 19.4 Å². The summed E-state index contributed by atoms with van der Waals surface area (Å²) in [4.78, 5) is 35.3. The zero-order valence-electron chi connectivity index (χ0n) is 50.4. The molecule has 0 aromatic rings. The molecule has 0 aliphatic rings. The van der Waals surface area contributed by atoms with Crippen LogP contribution in [0.4, 0.5) is 0 Å². The van der Waals surface area contributed by atoms with Gasteiger partial charge in [-0.05, 0) is 77.0 Å². The van der Waals surface area contributed by atoms with E-state index in [1.54, 1.807) is 0 Å². The van der Waals surface area contributed by atoms with E-state index in [4.69, 9.17) is 24.3 Å². The molecule has 9 nitrogen and oxygen atoms in total. The van der Waals surface area contributed by atoms with Gasteiger partial charge in [-0.3, -0.25) is 18.6 Å². The van der Waals surface area contributed by atoms with Crippen LogP contribution in [0, 0.1) is 0 Å². The molecule has 450 valence electrons. The predicted octanol–water partition coefficient (Wildman–Crippen LogP) is 20.8. The van der Waals surface area contributed by atoms with Gasteiger partial charge in [-0.1, -0.05) is 297 Å². The molecule has 0 bridgehead atoms. The van der Waals surface area contributed by atoms with Crippen LogP contribution in [0.1, 0.15) is 290 Å². The van der Waals surface area contributed by atoms with Crippen molar-refractivity contribution in [2.24, 2.45) is 5.73 Å². The van der Waals surface area contributed by atoms with E-state index in [2.05, 4.69) is 111 Å². The summed E-state index contributed by atoms with van der Waals surface area (Å²) >= 11 is 0. The standard InChI is InChI=1S/C68H120NO8P/c1-3-5-7-9-11-13-15-17-19-21-23-25-27-29-31-32-33-35-36-38-40-42-44-46-48-50-52-54-56-58-60-67(70)74-64-66(65-76-78(72,73)75-63-62-69)77-68(71)61-59-57-55-53-51-49-47-45-43-41-39-37-34-30-28-26-24-22-20-18-16-14-12-10-8-6-4-2/h6,8,12,14,18,20,24,26,30,34,39,41,45,47,51,53,66H,3-5,7,9-11,13,15-17,19,21-23,25,27-29,31-33,35-38,40,42-44,46,48-50,52,54-65,69H2,1-2H3,(H,72,73)/b8-6-,14-12-,20-18-,26-24-,34-30-,41-39-,47-45-,53-51-. The lowest BCUT2D eigenvalue weighted by atomic mass is 10.0. The van der Waals surface area contributed by atoms with Gasteiger partial charge in [-0.25, -0.2) is 4.57 Å². The molecule has 0 radical (unpaired) electrons. The van der Waals surface area contributed by atoms with E-state index in [-0.39, 0.29) is 32.6 Å². The maximum absolute atomic E-state index is 12.7. The molecule has 0 spiro atoms. The molecule has 0 aromatic heterocycles. The molecule has 3 N–H and O–H groups in total. The lowest BCUT2D eigenvalue weighted by Crippen LogP contribution is -2.29. The highest BCUT2D eigenvalue weighted by molar-refractivity contribution is 7.47. The number of nitrogens with two attached hydrogens (primary N) is 1. The van der Waals surface area contributed by atoms with Crippen LogP contribution in [0.5, 0.6) is 0 Å². The van der Waals surface area contributed by atoms with Gasteiger partial charge in [0.1, 0.15) is 6.61 Å². The highest BCUT2D eigenvalue weighted by Crippen LogP contribution is 2.43. The van der Waals surface area contributed by atoms with Crippen LogP contribution in [-0.4, -0.2) is 49.3 Å². The average Bonchev–Trinajstić information content (AvgIpc) is 3.43. The van der Waals surface area contributed by atoms with Crippen molar-refractivity contribution < 1.29 is 37.6 Å². The molecule has 0 saturated heterocycles. The van der Waals surface area contributed by atoms with Gasteiger partial charge in [0.25, 0.3) is 0 Å². The molecule has 0 aliphatic heterocycles. The molecular weight excluding hydrogens is 990 g/mol. The second-order valence-corrected chi connectivity index (χ2v) is 22.7. The fourth-order valence-corrected chi connectivity index (χ4v) is 9.77. The minimum Gasteiger partial charge on any atom is -0.462 e. The molecule has 2 atom stereocenters. The summed E-state index contributed by atoms with van der Waals surface area (Å²) in [5, 5.41) is 0. The monoisotopic (exact) mass is 1110 g/mol. The Labute approximate surface area is 480 Å². The Kier molecular flexibility index (Phi) is 60.6. The van der Waals surface area contributed by atoms with E-state index < -0.39 is 32.5 Å². The van der Waals surface area contributed by atoms with Crippen molar-refractivity contribution in [2.75, 3.05) is 26.4 Å². The van der Waals surface area contributed by atoms with Gasteiger partial charge < -0.3 is 20.1 Å². The minimum atomic E-state index is -4.41. The van der Waals surface area contributed by atoms with E-state index in [0.717, 1.165) is 83.5 Å². The third-order valence-electron chi connectivity index (χ3n) is 13.7. The van der Waals surface area contributed by atoms with Crippen molar-refractivity contribution in [1.82, 2.24) is 0 Å². The Morgan fingerprint density at radius 3 is 1.05 bits per heavy atom. The summed E-state index contributed by atoms with van der Waals surface area (Å²) < 4.78 is 33.1. The summed E-state index contributed by atoms with van der Waals surface area (Å²) in [7, 11) is -4.41. The van der Waals surface area contributed by atoms with Crippen molar-refractivity contribution >= 4 is 19.8 Å². The Balaban J connectivity index is 3.99. The molecule has 0 aromatic carbocycles. The largest absolute Gasteiger partial charge is 0.472 e. The number of carbonyl (C=O) groups is 2. The number of hydrogen-bond acceptors (Lipinski definition) is 8. The van der Waals surface area contributed by atoms with Crippen LogP contribution in [0.3, 0.4) is 0 Å². The Morgan fingerprint density at radius 2 is 0.705 bits per heavy atom. The van der Waals surface area contributed by atoms with Crippen molar-refractivity contribution in [1.29, 1.82) is 0 Å². The molecule has 0 aliphatic carbocycles. The first-order valence-corrected chi connectivity index (χ1v) is 33.7. The van der Waals surface area contributed by atoms with E-state index in [1.807, 2.05) is 0 Å². The molecule has 78 heavy (non-hydrogen) atoms. The van der Waals surface area contributed by atoms with Crippen LogP contribution >= 0.6 is 7.82 Å². The zero-order chi connectivity index (χ0) is 56.6. The summed E-state index contributed by atoms with van der Waals surface area (Å²) in [6.45, 7) is 3.61. The smallest absolute Gasteiger partial charge is 0.462 e. The lowest BCUT2D eigenvalue weighted by molar-refractivity contribution is -0.161.